The molecule has 1 fully saturated rings. The van der Waals surface area contributed by atoms with Crippen LogP contribution in [0.2, 0.25) is 5.02 Å². The molecule has 0 saturated heterocycles. The van der Waals surface area contributed by atoms with E-state index < -0.39 is 0 Å². The van der Waals surface area contributed by atoms with Crippen LogP contribution in [0.3, 0.4) is 0 Å². The molecule has 98 valence electrons. The fourth-order valence-electron chi connectivity index (χ4n) is 2.53. The van der Waals surface area contributed by atoms with Gasteiger partial charge >= 0.3 is 5.97 Å². The summed E-state index contributed by atoms with van der Waals surface area (Å²) in [6.07, 6.45) is 5.48. The van der Waals surface area contributed by atoms with Gasteiger partial charge in [0.05, 0.1) is 12.5 Å². The van der Waals surface area contributed by atoms with Gasteiger partial charge in [-0.05, 0) is 44.7 Å². The Morgan fingerprint density at radius 3 is 2.78 bits per heavy atom. The highest BCUT2D eigenvalue weighted by Gasteiger charge is 2.28. The van der Waals surface area contributed by atoms with Crippen molar-refractivity contribution in [1.29, 1.82) is 0 Å². The summed E-state index contributed by atoms with van der Waals surface area (Å²) < 4.78 is 5.07. The van der Waals surface area contributed by atoms with Crippen LogP contribution in [0.15, 0.2) is 18.3 Å². The van der Waals surface area contributed by atoms with Gasteiger partial charge in [0.1, 0.15) is 0 Å². The summed E-state index contributed by atoms with van der Waals surface area (Å²) >= 11 is 5.97. The minimum atomic E-state index is -0.0463. The summed E-state index contributed by atoms with van der Waals surface area (Å²) in [5.41, 5.74) is 1.05. The summed E-state index contributed by atoms with van der Waals surface area (Å²) in [5.74, 6) is 0.449. The van der Waals surface area contributed by atoms with Gasteiger partial charge < -0.3 is 4.74 Å². The molecule has 0 aromatic carbocycles. The highest BCUT2D eigenvalue weighted by molar-refractivity contribution is 6.30. The summed E-state index contributed by atoms with van der Waals surface area (Å²) in [4.78, 5) is 16.0. The summed E-state index contributed by atoms with van der Waals surface area (Å²) in [6, 6.07) is 3.71. The van der Waals surface area contributed by atoms with E-state index in [1.54, 1.807) is 12.3 Å². The minimum Gasteiger partial charge on any atom is -0.466 e. The van der Waals surface area contributed by atoms with Crippen molar-refractivity contribution in [2.24, 2.45) is 5.92 Å². The standard InChI is InChI=1S/C14H18ClNO2/c1-2-18-14(17)11-5-3-10(4-6-11)13-9-12(15)7-8-16-13/h7-11H,2-6H2,1H3/t10-,11-. The highest BCUT2D eigenvalue weighted by atomic mass is 35.5. The maximum Gasteiger partial charge on any atom is 0.308 e. The Labute approximate surface area is 113 Å². The average Bonchev–Trinajstić information content (AvgIpc) is 2.39. The van der Waals surface area contributed by atoms with Crippen LogP contribution in [0, 0.1) is 5.92 Å². The fourth-order valence-corrected chi connectivity index (χ4v) is 2.70. The van der Waals surface area contributed by atoms with Crippen molar-refractivity contribution in [3.63, 3.8) is 0 Å². The second kappa shape index (κ2) is 6.19. The first-order valence-corrected chi connectivity index (χ1v) is 6.86. The Kier molecular flexibility index (Phi) is 4.59. The largest absolute Gasteiger partial charge is 0.466 e. The topological polar surface area (TPSA) is 39.2 Å². The van der Waals surface area contributed by atoms with Crippen molar-refractivity contribution in [2.45, 2.75) is 38.5 Å². The second-order valence-corrected chi connectivity index (χ2v) is 5.14. The van der Waals surface area contributed by atoms with Gasteiger partial charge in [-0.15, -0.1) is 0 Å². The van der Waals surface area contributed by atoms with Gasteiger partial charge in [0.2, 0.25) is 0 Å². The Morgan fingerprint density at radius 1 is 1.44 bits per heavy atom. The van der Waals surface area contributed by atoms with E-state index in [-0.39, 0.29) is 11.9 Å². The zero-order chi connectivity index (χ0) is 13.0. The Balaban J connectivity index is 1.92. The smallest absolute Gasteiger partial charge is 0.308 e. The Morgan fingerprint density at radius 2 is 2.17 bits per heavy atom. The summed E-state index contributed by atoms with van der Waals surface area (Å²) in [6.45, 7) is 2.31. The van der Waals surface area contributed by atoms with Crippen molar-refractivity contribution in [1.82, 2.24) is 4.98 Å². The number of hydrogen-bond acceptors (Lipinski definition) is 3. The maximum atomic E-state index is 11.6. The molecule has 0 radical (unpaired) electrons. The molecule has 1 aromatic heterocycles. The van der Waals surface area contributed by atoms with E-state index in [0.717, 1.165) is 36.4 Å². The maximum absolute atomic E-state index is 11.6. The number of aromatic nitrogens is 1. The predicted molar refractivity (Wildman–Crippen MR) is 70.6 cm³/mol. The minimum absolute atomic E-state index is 0.0463. The molecule has 0 N–H and O–H groups in total. The van der Waals surface area contributed by atoms with Crippen LogP contribution in [-0.4, -0.2) is 17.6 Å². The predicted octanol–water partition coefficient (Wildman–Crippen LogP) is 3.57. The lowest BCUT2D eigenvalue weighted by Gasteiger charge is -2.26. The van der Waals surface area contributed by atoms with Crippen LogP contribution in [0.25, 0.3) is 0 Å². The van der Waals surface area contributed by atoms with Gasteiger partial charge in [0.25, 0.3) is 0 Å². The number of halogens is 1. The van der Waals surface area contributed by atoms with Crippen LogP contribution in [0.4, 0.5) is 0 Å². The molecule has 0 unspecified atom stereocenters. The number of rotatable bonds is 3. The summed E-state index contributed by atoms with van der Waals surface area (Å²) in [5, 5.41) is 0.729. The molecule has 1 aromatic rings. The van der Waals surface area contributed by atoms with E-state index in [4.69, 9.17) is 16.3 Å². The van der Waals surface area contributed by atoms with Crippen LogP contribution < -0.4 is 0 Å². The van der Waals surface area contributed by atoms with E-state index >= 15 is 0 Å². The average molecular weight is 268 g/mol. The van der Waals surface area contributed by atoms with Gasteiger partial charge in [0, 0.05) is 22.8 Å². The van der Waals surface area contributed by atoms with E-state index in [1.165, 1.54) is 0 Å². The molecule has 0 atom stereocenters. The molecule has 1 aliphatic carbocycles. The lowest BCUT2D eigenvalue weighted by atomic mass is 9.80. The molecule has 2 rings (SSSR count). The molecule has 0 spiro atoms. The highest BCUT2D eigenvalue weighted by Crippen LogP contribution is 2.35. The zero-order valence-electron chi connectivity index (χ0n) is 10.6. The molecular weight excluding hydrogens is 250 g/mol. The van der Waals surface area contributed by atoms with Crippen molar-refractivity contribution in [3.05, 3.63) is 29.0 Å². The van der Waals surface area contributed by atoms with Crippen LogP contribution in [0.1, 0.15) is 44.2 Å². The second-order valence-electron chi connectivity index (χ2n) is 4.70. The van der Waals surface area contributed by atoms with E-state index in [0.29, 0.717) is 12.5 Å². The SMILES string of the molecule is CCOC(=O)[C@H]1CC[C@H](c2cc(Cl)ccn2)CC1. The molecule has 4 heteroatoms. The molecule has 1 saturated carbocycles. The molecule has 0 bridgehead atoms. The first-order chi connectivity index (χ1) is 8.70. The van der Waals surface area contributed by atoms with E-state index in [1.807, 2.05) is 13.0 Å². The van der Waals surface area contributed by atoms with Gasteiger partial charge in [-0.2, -0.15) is 0 Å². The number of nitrogens with zero attached hydrogens (tertiary/aromatic N) is 1. The third kappa shape index (κ3) is 3.22. The van der Waals surface area contributed by atoms with E-state index in [9.17, 15) is 4.79 Å². The van der Waals surface area contributed by atoms with Gasteiger partial charge in [-0.25, -0.2) is 0 Å². The lowest BCUT2D eigenvalue weighted by molar-refractivity contribution is -0.149. The number of pyridine rings is 1. The number of carbonyl (C=O) groups excluding carboxylic acids is 1. The molecule has 1 aliphatic rings. The van der Waals surface area contributed by atoms with Gasteiger partial charge in [-0.1, -0.05) is 11.6 Å². The molecule has 3 nitrogen and oxygen atoms in total. The Hall–Kier alpha value is -1.09. The monoisotopic (exact) mass is 267 g/mol. The molecule has 18 heavy (non-hydrogen) atoms. The van der Waals surface area contributed by atoms with Crippen LogP contribution >= 0.6 is 11.6 Å². The first kappa shape index (κ1) is 13.3. The molecular formula is C14H18ClNO2. The molecule has 0 aliphatic heterocycles. The lowest BCUT2D eigenvalue weighted by Crippen LogP contribution is -2.23. The van der Waals surface area contributed by atoms with Crippen molar-refractivity contribution in [2.75, 3.05) is 6.61 Å². The van der Waals surface area contributed by atoms with Crippen LogP contribution in [-0.2, 0) is 9.53 Å². The van der Waals surface area contributed by atoms with Crippen molar-refractivity contribution in [3.8, 4) is 0 Å². The summed E-state index contributed by atoms with van der Waals surface area (Å²) in [7, 11) is 0. The van der Waals surface area contributed by atoms with E-state index in [2.05, 4.69) is 4.98 Å². The number of esters is 1. The number of ether oxygens (including phenoxy) is 1. The molecule has 1 heterocycles. The Bertz CT molecular complexity index is 414. The molecule has 0 amide bonds. The van der Waals surface area contributed by atoms with Crippen molar-refractivity contribution < 1.29 is 9.53 Å². The third-order valence-electron chi connectivity index (χ3n) is 3.51. The van der Waals surface area contributed by atoms with Gasteiger partial charge in [0.15, 0.2) is 0 Å². The number of carbonyl (C=O) groups is 1. The van der Waals surface area contributed by atoms with Crippen molar-refractivity contribution >= 4 is 17.6 Å². The normalized spacial score (nSPS) is 23.7. The third-order valence-corrected chi connectivity index (χ3v) is 3.74. The quantitative estimate of drug-likeness (QED) is 0.786. The number of hydrogen-bond donors (Lipinski definition) is 0. The van der Waals surface area contributed by atoms with Crippen LogP contribution in [0.5, 0.6) is 0 Å². The van der Waals surface area contributed by atoms with Gasteiger partial charge in [-0.3, -0.25) is 9.78 Å². The fraction of sp³-hybridized carbons (Fsp3) is 0.571. The zero-order valence-corrected chi connectivity index (χ0v) is 11.3. The first-order valence-electron chi connectivity index (χ1n) is 6.48.